The molecule has 2 rings (SSSR count). The summed E-state index contributed by atoms with van der Waals surface area (Å²) in [7, 11) is 0. The van der Waals surface area contributed by atoms with Crippen molar-refractivity contribution in [3.8, 4) is 0 Å². The molecule has 0 radical (unpaired) electrons. The van der Waals surface area contributed by atoms with Crippen LogP contribution in [0.25, 0.3) is 0 Å². The molecule has 7 nitrogen and oxygen atoms in total. The lowest BCUT2D eigenvalue weighted by atomic mass is 9.93. The average molecular weight is 558 g/mol. The van der Waals surface area contributed by atoms with Gasteiger partial charge in [-0.3, -0.25) is 9.59 Å². The van der Waals surface area contributed by atoms with Gasteiger partial charge in [-0.05, 0) is 76.6 Å². The molecule has 2 N–H and O–H groups in total. The monoisotopic (exact) mass is 557 g/mol. The molecule has 0 aliphatic carbocycles. The zero-order chi connectivity index (χ0) is 29.5. The van der Waals surface area contributed by atoms with Crippen molar-refractivity contribution in [1.29, 1.82) is 0 Å². The first-order valence-electron chi connectivity index (χ1n) is 13.6. The number of amides is 3. The summed E-state index contributed by atoms with van der Waals surface area (Å²) in [5.74, 6) is -0.909. The number of carbonyl (C=O) groups is 3. The topological polar surface area (TPSA) is 87.7 Å². The van der Waals surface area contributed by atoms with Crippen LogP contribution in [0.2, 0.25) is 5.02 Å². The summed E-state index contributed by atoms with van der Waals surface area (Å²) < 4.78 is 5.47. The van der Waals surface area contributed by atoms with Crippen LogP contribution in [-0.2, 0) is 14.3 Å². The third-order valence-corrected chi connectivity index (χ3v) is 6.97. The zero-order valence-electron chi connectivity index (χ0n) is 24.8. The summed E-state index contributed by atoms with van der Waals surface area (Å²) in [4.78, 5) is 42.7. The van der Waals surface area contributed by atoms with Crippen LogP contribution in [0.1, 0.15) is 82.7 Å². The van der Waals surface area contributed by atoms with Crippen molar-refractivity contribution in [3.05, 3.63) is 63.7 Å². The molecule has 3 amide bonds. The van der Waals surface area contributed by atoms with E-state index in [9.17, 15) is 14.4 Å². The molecule has 0 aliphatic rings. The van der Waals surface area contributed by atoms with Gasteiger partial charge in [-0.25, -0.2) is 4.79 Å². The quantitative estimate of drug-likeness (QED) is 0.325. The first-order valence-corrected chi connectivity index (χ1v) is 14.0. The highest BCUT2D eigenvalue weighted by Gasteiger charge is 2.38. The van der Waals surface area contributed by atoms with Gasteiger partial charge in [0, 0.05) is 6.54 Å². The SMILES string of the molecule is CCCN(C(=O)C(NC(=O)OC(C)(C)C)C(C)CC)C(C(=O)Nc1c(C)cccc1Cl)c1cc(C)ccc1C. The minimum Gasteiger partial charge on any atom is -0.444 e. The summed E-state index contributed by atoms with van der Waals surface area (Å²) in [5, 5.41) is 6.21. The van der Waals surface area contributed by atoms with Gasteiger partial charge in [0.2, 0.25) is 5.91 Å². The standard InChI is InChI=1S/C31H44ClN3O4/c1-10-17-35(29(37)26(20(4)11-2)34-30(38)39-31(7,8)9)27(23-18-19(3)15-16-21(23)5)28(36)33-25-22(6)13-12-14-24(25)32/h12-16,18,20,26-27H,10-11,17H2,1-9H3,(H,33,36)(H,34,38). The van der Waals surface area contributed by atoms with Crippen LogP contribution >= 0.6 is 11.6 Å². The number of rotatable bonds is 10. The molecule has 0 saturated carbocycles. The Morgan fingerprint density at radius 3 is 2.26 bits per heavy atom. The number of carbonyl (C=O) groups excluding carboxylic acids is 3. The van der Waals surface area contributed by atoms with Gasteiger partial charge in [-0.15, -0.1) is 0 Å². The van der Waals surface area contributed by atoms with Crippen LogP contribution < -0.4 is 10.6 Å². The molecule has 0 aromatic heterocycles. The number of alkyl carbamates (subject to hydrolysis) is 1. The maximum atomic E-state index is 14.3. The molecule has 0 aliphatic heterocycles. The van der Waals surface area contributed by atoms with E-state index in [1.807, 2.05) is 71.9 Å². The Hall–Kier alpha value is -3.06. The van der Waals surface area contributed by atoms with Crippen LogP contribution in [0.15, 0.2) is 36.4 Å². The first-order chi connectivity index (χ1) is 18.2. The molecular weight excluding hydrogens is 514 g/mol. The van der Waals surface area contributed by atoms with Crippen molar-refractivity contribution in [1.82, 2.24) is 10.2 Å². The number of aryl methyl sites for hydroxylation is 3. The molecule has 0 bridgehead atoms. The molecule has 39 heavy (non-hydrogen) atoms. The summed E-state index contributed by atoms with van der Waals surface area (Å²) >= 11 is 6.45. The van der Waals surface area contributed by atoms with Crippen molar-refractivity contribution in [2.45, 2.75) is 92.8 Å². The fraction of sp³-hybridized carbons (Fsp3) is 0.516. The first kappa shape index (κ1) is 32.2. The maximum Gasteiger partial charge on any atom is 0.408 e. The Morgan fingerprint density at radius 1 is 1.03 bits per heavy atom. The van der Waals surface area contributed by atoms with Crippen molar-refractivity contribution >= 4 is 35.2 Å². The Morgan fingerprint density at radius 2 is 1.69 bits per heavy atom. The van der Waals surface area contributed by atoms with E-state index in [2.05, 4.69) is 10.6 Å². The normalized spacial score (nSPS) is 13.7. The zero-order valence-corrected chi connectivity index (χ0v) is 25.5. The van der Waals surface area contributed by atoms with Crippen LogP contribution in [0, 0.1) is 26.7 Å². The summed E-state index contributed by atoms with van der Waals surface area (Å²) in [6.07, 6.45) is 0.591. The van der Waals surface area contributed by atoms with E-state index in [0.717, 1.165) is 22.3 Å². The number of ether oxygens (including phenoxy) is 1. The van der Waals surface area contributed by atoms with Gasteiger partial charge in [-0.1, -0.05) is 74.7 Å². The number of anilines is 1. The highest BCUT2D eigenvalue weighted by Crippen LogP contribution is 2.32. The number of hydrogen-bond acceptors (Lipinski definition) is 4. The van der Waals surface area contributed by atoms with Gasteiger partial charge in [0.05, 0.1) is 10.7 Å². The molecular formula is C31H44ClN3O4. The lowest BCUT2D eigenvalue weighted by molar-refractivity contribution is -0.142. The van der Waals surface area contributed by atoms with Gasteiger partial charge in [0.1, 0.15) is 17.7 Å². The minimum absolute atomic E-state index is 0.197. The average Bonchev–Trinajstić information content (AvgIpc) is 2.84. The molecule has 8 heteroatoms. The van der Waals surface area contributed by atoms with Crippen LogP contribution in [0.4, 0.5) is 10.5 Å². The number of para-hydroxylation sites is 1. The van der Waals surface area contributed by atoms with Gasteiger partial charge < -0.3 is 20.3 Å². The second-order valence-electron chi connectivity index (χ2n) is 11.2. The summed E-state index contributed by atoms with van der Waals surface area (Å²) in [5.41, 5.74) is 3.17. The van der Waals surface area contributed by atoms with E-state index in [1.54, 1.807) is 31.7 Å². The van der Waals surface area contributed by atoms with Crippen LogP contribution in [0.5, 0.6) is 0 Å². The van der Waals surface area contributed by atoms with Crippen molar-refractivity contribution in [2.75, 3.05) is 11.9 Å². The Balaban J connectivity index is 2.62. The Labute approximate surface area is 238 Å². The van der Waals surface area contributed by atoms with Gasteiger partial charge >= 0.3 is 6.09 Å². The van der Waals surface area contributed by atoms with Crippen LogP contribution in [0.3, 0.4) is 0 Å². The third kappa shape index (κ3) is 8.72. The number of benzene rings is 2. The Kier molecular flexibility index (Phi) is 11.4. The molecule has 0 fully saturated rings. The van der Waals surface area contributed by atoms with Crippen molar-refractivity contribution < 1.29 is 19.1 Å². The minimum atomic E-state index is -0.944. The molecule has 3 atom stereocenters. The second-order valence-corrected chi connectivity index (χ2v) is 11.6. The number of hydrogen-bond donors (Lipinski definition) is 2. The highest BCUT2D eigenvalue weighted by molar-refractivity contribution is 6.34. The molecule has 3 unspecified atom stereocenters. The predicted octanol–water partition coefficient (Wildman–Crippen LogP) is 7.12. The predicted molar refractivity (Wildman–Crippen MR) is 158 cm³/mol. The van der Waals surface area contributed by atoms with E-state index in [1.165, 1.54) is 0 Å². The molecule has 0 spiro atoms. The van der Waals surface area contributed by atoms with E-state index >= 15 is 0 Å². The summed E-state index contributed by atoms with van der Waals surface area (Å²) in [6.45, 7) is 17.2. The molecule has 214 valence electrons. The van der Waals surface area contributed by atoms with E-state index in [4.69, 9.17) is 16.3 Å². The fourth-order valence-electron chi connectivity index (χ4n) is 4.39. The summed E-state index contributed by atoms with van der Waals surface area (Å²) in [6, 6.07) is 9.45. The molecule has 0 saturated heterocycles. The second kappa shape index (κ2) is 13.8. The number of nitrogens with one attached hydrogen (secondary N) is 2. The number of nitrogens with zero attached hydrogens (tertiary/aromatic N) is 1. The van der Waals surface area contributed by atoms with E-state index in [0.29, 0.717) is 30.1 Å². The smallest absolute Gasteiger partial charge is 0.408 e. The third-order valence-electron chi connectivity index (χ3n) is 6.66. The highest BCUT2D eigenvalue weighted by atomic mass is 35.5. The fourth-order valence-corrected chi connectivity index (χ4v) is 4.66. The van der Waals surface area contributed by atoms with Gasteiger partial charge in [0.15, 0.2) is 0 Å². The molecule has 2 aromatic carbocycles. The van der Waals surface area contributed by atoms with E-state index in [-0.39, 0.29) is 17.7 Å². The largest absolute Gasteiger partial charge is 0.444 e. The van der Waals surface area contributed by atoms with Crippen molar-refractivity contribution in [2.24, 2.45) is 5.92 Å². The lowest BCUT2D eigenvalue weighted by Crippen LogP contribution is -2.55. The van der Waals surface area contributed by atoms with Gasteiger partial charge in [-0.2, -0.15) is 0 Å². The molecule has 0 heterocycles. The molecule has 2 aromatic rings. The van der Waals surface area contributed by atoms with Gasteiger partial charge in [0.25, 0.3) is 5.91 Å². The lowest BCUT2D eigenvalue weighted by Gasteiger charge is -2.36. The Bertz CT molecular complexity index is 1150. The van der Waals surface area contributed by atoms with Crippen molar-refractivity contribution in [3.63, 3.8) is 0 Å². The van der Waals surface area contributed by atoms with E-state index < -0.39 is 23.8 Å². The number of halogens is 1. The van der Waals surface area contributed by atoms with Crippen LogP contribution in [-0.4, -0.2) is 41.0 Å². The maximum absolute atomic E-state index is 14.3.